The lowest BCUT2D eigenvalue weighted by Gasteiger charge is -2.05. The Morgan fingerprint density at radius 1 is 1.38 bits per heavy atom. The van der Waals surface area contributed by atoms with Crippen molar-refractivity contribution in [3.63, 3.8) is 0 Å². The average Bonchev–Trinajstić information content (AvgIpc) is 3.22. The van der Waals surface area contributed by atoms with Crippen molar-refractivity contribution in [1.29, 1.82) is 0 Å². The van der Waals surface area contributed by atoms with Crippen LogP contribution in [0.25, 0.3) is 11.0 Å². The predicted octanol–water partition coefficient (Wildman–Crippen LogP) is 2.65. The number of hydrogen-bond acceptors (Lipinski definition) is 4. The third-order valence-electron chi connectivity index (χ3n) is 3.67. The summed E-state index contributed by atoms with van der Waals surface area (Å²) >= 11 is 0. The molecule has 3 rings (SSSR count). The van der Waals surface area contributed by atoms with Gasteiger partial charge in [0.15, 0.2) is 0 Å². The van der Waals surface area contributed by atoms with E-state index in [1.807, 2.05) is 18.2 Å². The summed E-state index contributed by atoms with van der Waals surface area (Å²) in [6, 6.07) is 7.38. The van der Waals surface area contributed by atoms with Crippen LogP contribution >= 0.6 is 0 Å². The minimum absolute atomic E-state index is 0.0163. The van der Waals surface area contributed by atoms with Crippen molar-refractivity contribution in [1.82, 2.24) is 5.32 Å². The lowest BCUT2D eigenvalue weighted by atomic mass is 10.1. The van der Waals surface area contributed by atoms with Crippen LogP contribution in [0.1, 0.15) is 29.0 Å². The Labute approximate surface area is 122 Å². The highest BCUT2D eigenvalue weighted by Crippen LogP contribution is 2.28. The van der Waals surface area contributed by atoms with E-state index < -0.39 is 5.97 Å². The number of fused-ring (bicyclic) bond motifs is 1. The fourth-order valence-corrected chi connectivity index (χ4v) is 2.34. The maximum Gasteiger partial charge on any atom is 0.372 e. The first-order valence-corrected chi connectivity index (χ1v) is 7.28. The van der Waals surface area contributed by atoms with E-state index in [4.69, 9.17) is 9.15 Å². The number of benzene rings is 1. The molecule has 2 N–H and O–H groups in total. The standard InChI is InChI=1S/C16H19NO4/c18-16(19)15-13(12-3-1-2-4-14(12)21-15)9-17-7-8-20-10-11-5-6-11/h1-4,11,17H,5-10H2,(H,18,19). The topological polar surface area (TPSA) is 71.7 Å². The third-order valence-corrected chi connectivity index (χ3v) is 3.67. The molecule has 0 unspecified atom stereocenters. The van der Waals surface area contributed by atoms with Gasteiger partial charge in [-0.3, -0.25) is 0 Å². The van der Waals surface area contributed by atoms with Gasteiger partial charge in [-0.25, -0.2) is 4.79 Å². The number of furan rings is 1. The molecule has 5 heteroatoms. The number of ether oxygens (including phenoxy) is 1. The number of carboxylic acid groups (broad SMARTS) is 1. The molecule has 0 aliphatic heterocycles. The van der Waals surface area contributed by atoms with Crippen molar-refractivity contribution in [2.45, 2.75) is 19.4 Å². The molecule has 1 aliphatic carbocycles. The molecule has 1 fully saturated rings. The average molecular weight is 289 g/mol. The number of aromatic carboxylic acids is 1. The van der Waals surface area contributed by atoms with Crippen LogP contribution in [0.2, 0.25) is 0 Å². The smallest absolute Gasteiger partial charge is 0.372 e. The lowest BCUT2D eigenvalue weighted by molar-refractivity contribution is 0.0663. The first-order valence-electron chi connectivity index (χ1n) is 7.28. The summed E-state index contributed by atoms with van der Waals surface area (Å²) in [5.41, 5.74) is 1.30. The lowest BCUT2D eigenvalue weighted by Crippen LogP contribution is -2.20. The highest BCUT2D eigenvalue weighted by molar-refractivity contribution is 5.95. The van der Waals surface area contributed by atoms with Crippen LogP contribution in [-0.4, -0.2) is 30.8 Å². The van der Waals surface area contributed by atoms with Gasteiger partial charge in [-0.1, -0.05) is 18.2 Å². The number of carbonyl (C=O) groups is 1. The quantitative estimate of drug-likeness (QED) is 0.731. The highest BCUT2D eigenvalue weighted by Gasteiger charge is 2.21. The molecule has 1 aliphatic rings. The van der Waals surface area contributed by atoms with Crippen molar-refractivity contribution in [3.05, 3.63) is 35.6 Å². The van der Waals surface area contributed by atoms with Gasteiger partial charge in [-0.2, -0.15) is 0 Å². The van der Waals surface area contributed by atoms with Crippen molar-refractivity contribution in [3.8, 4) is 0 Å². The number of carboxylic acids is 1. The van der Waals surface area contributed by atoms with Crippen LogP contribution in [0.4, 0.5) is 0 Å². The number of para-hydroxylation sites is 1. The van der Waals surface area contributed by atoms with Gasteiger partial charge in [-0.15, -0.1) is 0 Å². The Bertz CT molecular complexity index is 630. The monoisotopic (exact) mass is 289 g/mol. The van der Waals surface area contributed by atoms with Gasteiger partial charge in [0, 0.05) is 30.6 Å². The Morgan fingerprint density at radius 3 is 2.95 bits per heavy atom. The molecule has 0 radical (unpaired) electrons. The second-order valence-electron chi connectivity index (χ2n) is 5.41. The molecule has 1 heterocycles. The molecule has 5 nitrogen and oxygen atoms in total. The van der Waals surface area contributed by atoms with Crippen LogP contribution in [0.3, 0.4) is 0 Å². The summed E-state index contributed by atoms with van der Waals surface area (Å²) in [6.45, 7) is 2.65. The molecule has 0 bridgehead atoms. The summed E-state index contributed by atoms with van der Waals surface area (Å²) in [5.74, 6) is -0.253. The molecule has 2 aromatic rings. The van der Waals surface area contributed by atoms with E-state index in [0.29, 0.717) is 30.8 Å². The SMILES string of the molecule is O=C(O)c1oc2ccccc2c1CNCCOCC1CC1. The van der Waals surface area contributed by atoms with E-state index >= 15 is 0 Å². The first kappa shape index (κ1) is 14.1. The van der Waals surface area contributed by atoms with Crippen LogP contribution in [0.15, 0.2) is 28.7 Å². The Kier molecular flexibility index (Phi) is 4.22. The highest BCUT2D eigenvalue weighted by atomic mass is 16.5. The molecule has 1 aromatic carbocycles. The van der Waals surface area contributed by atoms with Gasteiger partial charge in [0.2, 0.25) is 5.76 Å². The summed E-state index contributed by atoms with van der Waals surface area (Å²) < 4.78 is 10.9. The molecular weight excluding hydrogens is 270 g/mol. The van der Waals surface area contributed by atoms with E-state index in [9.17, 15) is 9.90 Å². The summed E-state index contributed by atoms with van der Waals surface area (Å²) in [5, 5.41) is 13.3. The van der Waals surface area contributed by atoms with Crippen molar-refractivity contribution in [2.75, 3.05) is 19.8 Å². The molecule has 0 spiro atoms. The number of rotatable bonds is 8. The van der Waals surface area contributed by atoms with Gasteiger partial charge in [0.25, 0.3) is 0 Å². The number of hydrogen-bond donors (Lipinski definition) is 2. The van der Waals surface area contributed by atoms with E-state index in [2.05, 4.69) is 5.32 Å². The predicted molar refractivity (Wildman–Crippen MR) is 78.4 cm³/mol. The van der Waals surface area contributed by atoms with Crippen molar-refractivity contribution in [2.24, 2.45) is 5.92 Å². The zero-order chi connectivity index (χ0) is 14.7. The molecular formula is C16H19NO4. The molecule has 0 amide bonds. The fraction of sp³-hybridized carbons (Fsp3) is 0.438. The first-order chi connectivity index (χ1) is 10.3. The number of nitrogens with one attached hydrogen (secondary N) is 1. The third kappa shape index (κ3) is 3.43. The summed E-state index contributed by atoms with van der Waals surface area (Å²) in [4.78, 5) is 11.3. The maximum atomic E-state index is 11.3. The Morgan fingerprint density at radius 2 is 2.19 bits per heavy atom. The van der Waals surface area contributed by atoms with E-state index in [-0.39, 0.29) is 5.76 Å². The van der Waals surface area contributed by atoms with Gasteiger partial charge >= 0.3 is 5.97 Å². The van der Waals surface area contributed by atoms with Crippen LogP contribution in [-0.2, 0) is 11.3 Å². The normalized spacial score (nSPS) is 14.7. The molecule has 1 aromatic heterocycles. The van der Waals surface area contributed by atoms with Gasteiger partial charge in [-0.05, 0) is 24.8 Å². The molecule has 21 heavy (non-hydrogen) atoms. The summed E-state index contributed by atoms with van der Waals surface area (Å²) in [7, 11) is 0. The minimum Gasteiger partial charge on any atom is -0.475 e. The second kappa shape index (κ2) is 6.28. The van der Waals surface area contributed by atoms with Crippen molar-refractivity contribution < 1.29 is 19.1 Å². The zero-order valence-corrected chi connectivity index (χ0v) is 11.8. The van der Waals surface area contributed by atoms with E-state index in [1.54, 1.807) is 6.07 Å². The zero-order valence-electron chi connectivity index (χ0n) is 11.8. The van der Waals surface area contributed by atoms with Crippen LogP contribution in [0.5, 0.6) is 0 Å². The largest absolute Gasteiger partial charge is 0.475 e. The summed E-state index contributed by atoms with van der Waals surface area (Å²) in [6.07, 6.45) is 2.58. The van der Waals surface area contributed by atoms with Gasteiger partial charge in [0.1, 0.15) is 5.58 Å². The second-order valence-corrected chi connectivity index (χ2v) is 5.41. The van der Waals surface area contributed by atoms with E-state index in [1.165, 1.54) is 12.8 Å². The van der Waals surface area contributed by atoms with Crippen LogP contribution < -0.4 is 5.32 Å². The van der Waals surface area contributed by atoms with Gasteiger partial charge in [0.05, 0.1) is 6.61 Å². The Balaban J connectivity index is 1.59. The Hall–Kier alpha value is -1.85. The van der Waals surface area contributed by atoms with E-state index in [0.717, 1.165) is 17.9 Å². The minimum atomic E-state index is -1.03. The molecule has 0 atom stereocenters. The van der Waals surface area contributed by atoms with Gasteiger partial charge < -0.3 is 19.6 Å². The fourth-order valence-electron chi connectivity index (χ4n) is 2.34. The van der Waals surface area contributed by atoms with Crippen LogP contribution in [0, 0.1) is 5.92 Å². The maximum absolute atomic E-state index is 11.3. The van der Waals surface area contributed by atoms with Crippen molar-refractivity contribution >= 4 is 16.9 Å². The molecule has 0 saturated heterocycles. The molecule has 112 valence electrons. The molecule has 1 saturated carbocycles.